The van der Waals surface area contributed by atoms with E-state index in [1.807, 2.05) is 0 Å². The summed E-state index contributed by atoms with van der Waals surface area (Å²) in [5, 5.41) is 0. The normalized spacial score (nSPS) is 27.9. The van der Waals surface area contributed by atoms with E-state index in [0.717, 1.165) is 18.2 Å². The van der Waals surface area contributed by atoms with Crippen LogP contribution in [0.5, 0.6) is 0 Å². The van der Waals surface area contributed by atoms with Crippen molar-refractivity contribution in [2.75, 3.05) is 0 Å². The molecule has 0 aromatic rings. The van der Waals surface area contributed by atoms with Crippen molar-refractivity contribution in [3.8, 4) is 0 Å². The van der Waals surface area contributed by atoms with Gasteiger partial charge in [-0.25, -0.2) is 4.99 Å². The Morgan fingerprint density at radius 2 is 2.06 bits per heavy atom. The van der Waals surface area contributed by atoms with Crippen LogP contribution in [0.2, 0.25) is 0 Å². The lowest BCUT2D eigenvalue weighted by atomic mass is 9.92. The molecule has 3 atom stereocenters. The average molecular weight is 225 g/mol. The molecule has 1 aliphatic heterocycles. The van der Waals surface area contributed by atoms with E-state index in [2.05, 4.69) is 41.5 Å². The van der Waals surface area contributed by atoms with E-state index in [1.54, 1.807) is 0 Å². The van der Waals surface area contributed by atoms with Gasteiger partial charge in [-0.05, 0) is 33.1 Å². The lowest BCUT2D eigenvalue weighted by Gasteiger charge is -2.34. The number of ether oxygens (including phenoxy) is 1. The van der Waals surface area contributed by atoms with Crippen LogP contribution >= 0.6 is 0 Å². The maximum Gasteiger partial charge on any atom is 0.186 e. The van der Waals surface area contributed by atoms with Crippen LogP contribution in [0.15, 0.2) is 4.99 Å². The fraction of sp³-hybridized carbons (Fsp3) is 0.929. The minimum Gasteiger partial charge on any atom is -0.478 e. The minimum atomic E-state index is 0.0523. The van der Waals surface area contributed by atoms with Crippen LogP contribution in [0, 0.1) is 11.8 Å². The molecule has 2 nitrogen and oxygen atoms in total. The van der Waals surface area contributed by atoms with Gasteiger partial charge in [-0.3, -0.25) is 0 Å². The predicted octanol–water partition coefficient (Wildman–Crippen LogP) is 4.04. The molecule has 0 aromatic heterocycles. The molecule has 1 aliphatic rings. The van der Waals surface area contributed by atoms with Crippen LogP contribution in [0.1, 0.15) is 60.8 Å². The van der Waals surface area contributed by atoms with Gasteiger partial charge in [0.25, 0.3) is 0 Å². The van der Waals surface area contributed by atoms with Gasteiger partial charge in [-0.2, -0.15) is 0 Å². The van der Waals surface area contributed by atoms with Crippen molar-refractivity contribution in [1.29, 1.82) is 0 Å². The number of nitrogens with zero attached hydrogens (tertiary/aromatic N) is 1. The molecule has 0 aliphatic carbocycles. The maximum atomic E-state index is 5.88. The zero-order valence-corrected chi connectivity index (χ0v) is 11.7. The molecule has 0 N–H and O–H groups in total. The van der Waals surface area contributed by atoms with E-state index in [9.17, 15) is 0 Å². The highest BCUT2D eigenvalue weighted by atomic mass is 16.5. The summed E-state index contributed by atoms with van der Waals surface area (Å²) in [7, 11) is 0. The van der Waals surface area contributed by atoms with Crippen LogP contribution in [0.4, 0.5) is 0 Å². The summed E-state index contributed by atoms with van der Waals surface area (Å²) in [6.45, 7) is 13.3. The molecular weight excluding hydrogens is 198 g/mol. The first-order valence-corrected chi connectivity index (χ1v) is 6.60. The van der Waals surface area contributed by atoms with Crippen molar-refractivity contribution < 1.29 is 4.74 Å². The first-order valence-electron chi connectivity index (χ1n) is 6.60. The molecule has 0 amide bonds. The van der Waals surface area contributed by atoms with Crippen molar-refractivity contribution in [2.45, 2.75) is 72.4 Å². The van der Waals surface area contributed by atoms with Crippen molar-refractivity contribution in [2.24, 2.45) is 16.8 Å². The van der Waals surface area contributed by atoms with Gasteiger partial charge in [0.1, 0.15) is 0 Å². The summed E-state index contributed by atoms with van der Waals surface area (Å²) in [5.41, 5.74) is 0.0523. The van der Waals surface area contributed by atoms with E-state index in [1.165, 1.54) is 12.8 Å². The molecule has 2 heteroatoms. The third-order valence-electron chi connectivity index (χ3n) is 3.40. The molecule has 0 fully saturated rings. The third kappa shape index (κ3) is 3.80. The standard InChI is InChI=1S/C14H27NO/c1-7-10(2)8-11(3)13-15-14(5,6)9-12(4)16-13/h10-12H,7-9H2,1-6H3/t10-,11-,12-/m0/s1. The summed E-state index contributed by atoms with van der Waals surface area (Å²) in [6, 6.07) is 0. The highest BCUT2D eigenvalue weighted by Gasteiger charge is 2.30. The third-order valence-corrected chi connectivity index (χ3v) is 3.40. The molecule has 94 valence electrons. The predicted molar refractivity (Wildman–Crippen MR) is 69.9 cm³/mol. The summed E-state index contributed by atoms with van der Waals surface area (Å²) >= 11 is 0. The van der Waals surface area contributed by atoms with E-state index in [0.29, 0.717) is 12.0 Å². The zero-order valence-electron chi connectivity index (χ0n) is 11.7. The molecule has 0 saturated heterocycles. The van der Waals surface area contributed by atoms with Gasteiger partial charge in [0.15, 0.2) is 5.90 Å². The van der Waals surface area contributed by atoms with Gasteiger partial charge >= 0.3 is 0 Å². The minimum absolute atomic E-state index is 0.0523. The van der Waals surface area contributed by atoms with Crippen LogP contribution in [-0.4, -0.2) is 17.5 Å². The van der Waals surface area contributed by atoms with E-state index >= 15 is 0 Å². The SMILES string of the molecule is CC[C@H](C)C[C@H](C)C1=NC(C)(C)C[C@H](C)O1. The van der Waals surface area contributed by atoms with E-state index < -0.39 is 0 Å². The number of rotatable bonds is 4. The molecule has 0 bridgehead atoms. The summed E-state index contributed by atoms with van der Waals surface area (Å²) in [6.07, 6.45) is 3.74. The van der Waals surface area contributed by atoms with Gasteiger partial charge in [-0.1, -0.05) is 27.2 Å². The topological polar surface area (TPSA) is 21.6 Å². The van der Waals surface area contributed by atoms with Crippen LogP contribution in [0.3, 0.4) is 0 Å². The fourth-order valence-electron chi connectivity index (χ4n) is 2.42. The quantitative estimate of drug-likeness (QED) is 0.707. The van der Waals surface area contributed by atoms with Crippen molar-refractivity contribution in [1.82, 2.24) is 0 Å². The first-order chi connectivity index (χ1) is 7.34. The lowest BCUT2D eigenvalue weighted by Crippen LogP contribution is -2.36. The monoisotopic (exact) mass is 225 g/mol. The number of hydrogen-bond donors (Lipinski definition) is 0. The molecule has 0 aromatic carbocycles. The molecule has 0 spiro atoms. The maximum absolute atomic E-state index is 5.88. The molecule has 0 radical (unpaired) electrons. The Hall–Kier alpha value is -0.530. The summed E-state index contributed by atoms with van der Waals surface area (Å²) < 4.78 is 5.88. The Bertz CT molecular complexity index is 257. The van der Waals surface area contributed by atoms with Crippen molar-refractivity contribution in [3.63, 3.8) is 0 Å². The number of hydrogen-bond acceptors (Lipinski definition) is 2. The molecular formula is C14H27NO. The summed E-state index contributed by atoms with van der Waals surface area (Å²) in [5.74, 6) is 2.18. The Morgan fingerprint density at radius 3 is 2.56 bits per heavy atom. The van der Waals surface area contributed by atoms with E-state index in [-0.39, 0.29) is 5.54 Å². The lowest BCUT2D eigenvalue weighted by molar-refractivity contribution is 0.130. The highest BCUT2D eigenvalue weighted by Crippen LogP contribution is 2.28. The second-order valence-electron chi connectivity index (χ2n) is 6.05. The molecule has 1 rings (SSSR count). The van der Waals surface area contributed by atoms with Gasteiger partial charge in [0.2, 0.25) is 0 Å². The number of aliphatic imine (C=N–C) groups is 1. The van der Waals surface area contributed by atoms with E-state index in [4.69, 9.17) is 9.73 Å². The fourth-order valence-corrected chi connectivity index (χ4v) is 2.42. The van der Waals surface area contributed by atoms with Crippen molar-refractivity contribution >= 4 is 5.90 Å². The molecule has 0 saturated carbocycles. The van der Waals surface area contributed by atoms with Gasteiger partial charge < -0.3 is 4.74 Å². The smallest absolute Gasteiger partial charge is 0.186 e. The highest BCUT2D eigenvalue weighted by molar-refractivity contribution is 5.79. The largest absolute Gasteiger partial charge is 0.478 e. The van der Waals surface area contributed by atoms with Crippen molar-refractivity contribution in [3.05, 3.63) is 0 Å². The average Bonchev–Trinajstić information content (AvgIpc) is 2.14. The van der Waals surface area contributed by atoms with Crippen LogP contribution < -0.4 is 0 Å². The second kappa shape index (κ2) is 5.20. The van der Waals surface area contributed by atoms with Crippen LogP contribution in [0.25, 0.3) is 0 Å². The van der Waals surface area contributed by atoms with Gasteiger partial charge in [-0.15, -0.1) is 0 Å². The van der Waals surface area contributed by atoms with Gasteiger partial charge in [0, 0.05) is 12.3 Å². The van der Waals surface area contributed by atoms with Crippen LogP contribution in [-0.2, 0) is 4.74 Å². The molecule has 16 heavy (non-hydrogen) atoms. The van der Waals surface area contributed by atoms with Gasteiger partial charge in [0.05, 0.1) is 11.6 Å². The Kier molecular flexibility index (Phi) is 4.40. The summed E-state index contributed by atoms with van der Waals surface area (Å²) in [4.78, 5) is 4.75. The zero-order chi connectivity index (χ0) is 12.3. The second-order valence-corrected chi connectivity index (χ2v) is 6.05. The molecule has 1 heterocycles. The Labute approximate surface area is 100 Å². The Balaban J connectivity index is 2.68. The molecule has 0 unspecified atom stereocenters. The Morgan fingerprint density at radius 1 is 1.44 bits per heavy atom. The first kappa shape index (κ1) is 13.5.